The van der Waals surface area contributed by atoms with Crippen molar-refractivity contribution in [2.24, 2.45) is 7.05 Å². The van der Waals surface area contributed by atoms with Crippen LogP contribution in [0.15, 0.2) is 48.7 Å². The van der Waals surface area contributed by atoms with Crippen LogP contribution in [0.1, 0.15) is 0 Å². The number of ether oxygens (including phenoxy) is 1. The molecule has 0 atom stereocenters. The van der Waals surface area contributed by atoms with E-state index in [-0.39, 0.29) is 5.88 Å². The molecule has 104 valence electrons. The highest BCUT2D eigenvalue weighted by Crippen LogP contribution is 2.50. The number of aromatic hydroxyl groups is 1. The number of aromatic nitrogens is 1. The summed E-state index contributed by atoms with van der Waals surface area (Å²) in [6, 6.07) is 13.2. The summed E-state index contributed by atoms with van der Waals surface area (Å²) in [7, 11) is 1.82. The van der Waals surface area contributed by atoms with Gasteiger partial charge in [-0.1, -0.05) is 29.8 Å². The Morgan fingerprint density at radius 1 is 1.00 bits per heavy atom. The van der Waals surface area contributed by atoms with Crippen LogP contribution in [0.25, 0.3) is 22.3 Å². The predicted octanol–water partition coefficient (Wildman–Crippen LogP) is 4.82. The molecule has 1 aliphatic rings. The first-order chi connectivity index (χ1) is 10.1. The monoisotopic (exact) mass is 297 g/mol. The van der Waals surface area contributed by atoms with Gasteiger partial charge in [0, 0.05) is 35.0 Å². The van der Waals surface area contributed by atoms with Gasteiger partial charge in [-0.3, -0.25) is 0 Å². The molecule has 0 unspecified atom stereocenters. The minimum atomic E-state index is 0.203. The third-order valence-corrected chi connectivity index (χ3v) is 3.99. The van der Waals surface area contributed by atoms with E-state index in [1.807, 2.05) is 49.6 Å². The zero-order valence-electron chi connectivity index (χ0n) is 11.3. The number of rotatable bonds is 0. The Morgan fingerprint density at radius 2 is 1.76 bits per heavy atom. The molecule has 1 N–H and O–H groups in total. The molecule has 2 heterocycles. The lowest BCUT2D eigenvalue weighted by atomic mass is 9.99. The summed E-state index contributed by atoms with van der Waals surface area (Å²) < 4.78 is 7.72. The maximum absolute atomic E-state index is 10.4. The summed E-state index contributed by atoms with van der Waals surface area (Å²) in [4.78, 5) is 0. The van der Waals surface area contributed by atoms with Crippen LogP contribution in [0.5, 0.6) is 17.4 Å². The first-order valence-electron chi connectivity index (χ1n) is 6.60. The summed E-state index contributed by atoms with van der Waals surface area (Å²) in [6.07, 6.45) is 1.91. The maximum atomic E-state index is 10.4. The fraction of sp³-hybridized carbons (Fsp3) is 0.0588. The molecule has 4 heteroatoms. The van der Waals surface area contributed by atoms with Crippen molar-refractivity contribution < 1.29 is 9.84 Å². The van der Waals surface area contributed by atoms with E-state index in [0.29, 0.717) is 10.8 Å². The molecule has 0 radical (unpaired) electrons. The molecule has 0 bridgehead atoms. The first kappa shape index (κ1) is 12.4. The Hall–Kier alpha value is -2.39. The summed E-state index contributed by atoms with van der Waals surface area (Å²) in [5, 5.41) is 11.0. The van der Waals surface area contributed by atoms with E-state index in [2.05, 4.69) is 0 Å². The molecule has 3 aromatic rings. The number of nitrogens with zero attached hydrogens (tertiary/aromatic N) is 1. The quantitative estimate of drug-likeness (QED) is 0.505. The maximum Gasteiger partial charge on any atom is 0.199 e. The number of hydrogen-bond acceptors (Lipinski definition) is 2. The van der Waals surface area contributed by atoms with Gasteiger partial charge in [0.1, 0.15) is 11.5 Å². The molecule has 0 aliphatic carbocycles. The van der Waals surface area contributed by atoms with Crippen molar-refractivity contribution in [1.29, 1.82) is 0 Å². The van der Waals surface area contributed by atoms with Gasteiger partial charge in [0.25, 0.3) is 0 Å². The van der Waals surface area contributed by atoms with E-state index < -0.39 is 0 Å². The summed E-state index contributed by atoms with van der Waals surface area (Å²) in [5.41, 5.74) is 3.44. The minimum absolute atomic E-state index is 0.203. The molecule has 0 fully saturated rings. The van der Waals surface area contributed by atoms with E-state index in [1.165, 1.54) is 0 Å². The van der Waals surface area contributed by atoms with Crippen LogP contribution in [0.2, 0.25) is 5.02 Å². The SMILES string of the molecule is Cn1cc2c(c1O)-c1cc(Cl)ccc1Oc1ccccc1-2. The molecule has 3 nitrogen and oxygen atoms in total. The van der Waals surface area contributed by atoms with Gasteiger partial charge in [-0.15, -0.1) is 0 Å². The van der Waals surface area contributed by atoms with E-state index >= 15 is 0 Å². The van der Waals surface area contributed by atoms with Crippen molar-refractivity contribution >= 4 is 11.6 Å². The highest BCUT2D eigenvalue weighted by Gasteiger charge is 2.25. The lowest BCUT2D eigenvalue weighted by molar-refractivity contribution is 0.433. The zero-order valence-corrected chi connectivity index (χ0v) is 12.1. The second-order valence-electron chi connectivity index (χ2n) is 5.09. The summed E-state index contributed by atoms with van der Waals surface area (Å²) in [6.45, 7) is 0. The highest BCUT2D eigenvalue weighted by atomic mass is 35.5. The average Bonchev–Trinajstić information content (AvgIpc) is 2.70. The molecule has 0 saturated heterocycles. The molecule has 1 aromatic heterocycles. The number of aryl methyl sites for hydroxylation is 1. The van der Waals surface area contributed by atoms with Crippen molar-refractivity contribution in [3.8, 4) is 39.6 Å². The van der Waals surface area contributed by atoms with Gasteiger partial charge >= 0.3 is 0 Å². The smallest absolute Gasteiger partial charge is 0.199 e. The number of halogens is 1. The summed E-state index contributed by atoms with van der Waals surface area (Å²) >= 11 is 6.12. The Bertz CT molecular complexity index is 867. The third-order valence-electron chi connectivity index (χ3n) is 3.76. The number of hydrogen-bond donors (Lipinski definition) is 1. The molecule has 1 aliphatic heterocycles. The second kappa shape index (κ2) is 4.30. The van der Waals surface area contributed by atoms with Gasteiger partial charge in [0.05, 0.1) is 5.56 Å². The molecule has 2 aromatic carbocycles. The largest absolute Gasteiger partial charge is 0.494 e. The van der Waals surface area contributed by atoms with E-state index in [9.17, 15) is 5.11 Å². The van der Waals surface area contributed by atoms with Crippen LogP contribution in [0.3, 0.4) is 0 Å². The Balaban J connectivity index is 2.15. The van der Waals surface area contributed by atoms with Gasteiger partial charge in [-0.2, -0.15) is 0 Å². The Morgan fingerprint density at radius 3 is 2.62 bits per heavy atom. The standard InChI is InChI=1S/C17H12ClNO2/c1-19-9-13-11-4-2-3-5-14(11)21-15-7-6-10(18)8-12(15)16(13)17(19)20/h2-9,20H,1H3. The molecule has 0 spiro atoms. The fourth-order valence-corrected chi connectivity index (χ4v) is 2.94. The minimum Gasteiger partial charge on any atom is -0.494 e. The zero-order chi connectivity index (χ0) is 14.6. The highest BCUT2D eigenvalue weighted by molar-refractivity contribution is 6.31. The van der Waals surface area contributed by atoms with Crippen molar-refractivity contribution in [2.45, 2.75) is 0 Å². The van der Waals surface area contributed by atoms with Gasteiger partial charge in [-0.05, 0) is 24.3 Å². The average molecular weight is 298 g/mol. The fourth-order valence-electron chi connectivity index (χ4n) is 2.77. The Labute approximate surface area is 127 Å². The predicted molar refractivity (Wildman–Crippen MR) is 83.0 cm³/mol. The lowest BCUT2D eigenvalue weighted by Crippen LogP contribution is -1.88. The molecule has 0 amide bonds. The van der Waals surface area contributed by atoms with Crippen LogP contribution in [-0.4, -0.2) is 9.67 Å². The lowest BCUT2D eigenvalue weighted by Gasteiger charge is -2.09. The molecule has 0 saturated carbocycles. The first-order valence-corrected chi connectivity index (χ1v) is 6.98. The van der Waals surface area contributed by atoms with E-state index in [4.69, 9.17) is 16.3 Å². The van der Waals surface area contributed by atoms with Crippen molar-refractivity contribution in [1.82, 2.24) is 4.57 Å². The van der Waals surface area contributed by atoms with Gasteiger partial charge in [0.15, 0.2) is 5.88 Å². The second-order valence-corrected chi connectivity index (χ2v) is 5.53. The van der Waals surface area contributed by atoms with Crippen LogP contribution in [-0.2, 0) is 7.05 Å². The summed E-state index contributed by atoms with van der Waals surface area (Å²) in [5.74, 6) is 1.66. The van der Waals surface area contributed by atoms with E-state index in [1.54, 1.807) is 10.6 Å². The molecule has 21 heavy (non-hydrogen) atoms. The van der Waals surface area contributed by atoms with Crippen molar-refractivity contribution in [3.05, 3.63) is 53.7 Å². The van der Waals surface area contributed by atoms with Gasteiger partial charge < -0.3 is 14.4 Å². The number of benzene rings is 2. The van der Waals surface area contributed by atoms with Crippen molar-refractivity contribution in [2.75, 3.05) is 0 Å². The molecular formula is C17H12ClNO2. The van der Waals surface area contributed by atoms with Crippen LogP contribution < -0.4 is 4.74 Å². The van der Waals surface area contributed by atoms with Gasteiger partial charge in [-0.25, -0.2) is 0 Å². The normalized spacial score (nSPS) is 11.9. The van der Waals surface area contributed by atoms with E-state index in [0.717, 1.165) is 28.0 Å². The van der Waals surface area contributed by atoms with Crippen LogP contribution in [0.4, 0.5) is 0 Å². The number of fused-ring (bicyclic) bond motifs is 5. The number of para-hydroxylation sites is 1. The molecule has 4 rings (SSSR count). The van der Waals surface area contributed by atoms with Crippen molar-refractivity contribution in [3.63, 3.8) is 0 Å². The molecular weight excluding hydrogens is 286 g/mol. The topological polar surface area (TPSA) is 34.4 Å². The van der Waals surface area contributed by atoms with Gasteiger partial charge in [0.2, 0.25) is 0 Å². The van der Waals surface area contributed by atoms with Crippen LogP contribution in [0, 0.1) is 0 Å². The third kappa shape index (κ3) is 1.74. The van der Waals surface area contributed by atoms with Crippen LogP contribution >= 0.6 is 11.6 Å². The Kier molecular flexibility index (Phi) is 2.53.